The second kappa shape index (κ2) is 5.31. The van der Waals surface area contributed by atoms with Crippen LogP contribution in [-0.4, -0.2) is 20.7 Å². The highest BCUT2D eigenvalue weighted by molar-refractivity contribution is 5.94. The van der Waals surface area contributed by atoms with E-state index in [9.17, 15) is 4.79 Å². The molecule has 2 rings (SSSR count). The Bertz CT molecular complexity index is 532. The lowest BCUT2D eigenvalue weighted by molar-refractivity contribution is 0.0949. The third-order valence-electron chi connectivity index (χ3n) is 2.62. The Morgan fingerprint density at radius 1 is 1.39 bits per heavy atom. The zero-order chi connectivity index (χ0) is 13.0. The summed E-state index contributed by atoms with van der Waals surface area (Å²) in [4.78, 5) is 11.8. The van der Waals surface area contributed by atoms with Crippen LogP contribution >= 0.6 is 0 Å². The van der Waals surface area contributed by atoms with Gasteiger partial charge in [0.2, 0.25) is 0 Å². The van der Waals surface area contributed by atoms with E-state index >= 15 is 0 Å². The first kappa shape index (κ1) is 12.1. The summed E-state index contributed by atoms with van der Waals surface area (Å²) in [5.74, 6) is 0.585. The first-order chi connectivity index (χ1) is 8.70. The van der Waals surface area contributed by atoms with E-state index in [1.165, 1.54) is 0 Å². The molecule has 1 heterocycles. The van der Waals surface area contributed by atoms with E-state index in [0.717, 1.165) is 12.4 Å². The van der Waals surface area contributed by atoms with Gasteiger partial charge in [-0.3, -0.25) is 4.79 Å². The summed E-state index contributed by atoms with van der Waals surface area (Å²) in [6.45, 7) is 3.13. The van der Waals surface area contributed by atoms with E-state index < -0.39 is 0 Å². The molecule has 0 aliphatic heterocycles. The molecule has 0 atom stereocenters. The van der Waals surface area contributed by atoms with Gasteiger partial charge < -0.3 is 15.6 Å². The van der Waals surface area contributed by atoms with Gasteiger partial charge in [-0.1, -0.05) is 0 Å². The van der Waals surface area contributed by atoms with Crippen LogP contribution in [0.2, 0.25) is 0 Å². The van der Waals surface area contributed by atoms with Crippen LogP contribution in [0.5, 0.6) is 0 Å². The SMILES string of the molecule is CCn1cnnc1CNC(=O)c1ccc(N)cc1. The van der Waals surface area contributed by atoms with Gasteiger partial charge in [-0.15, -0.1) is 10.2 Å². The number of nitrogens with zero attached hydrogens (tertiary/aromatic N) is 3. The maximum atomic E-state index is 11.8. The largest absolute Gasteiger partial charge is 0.399 e. The van der Waals surface area contributed by atoms with Gasteiger partial charge in [0.25, 0.3) is 5.91 Å². The molecule has 0 saturated carbocycles. The fraction of sp³-hybridized carbons (Fsp3) is 0.250. The lowest BCUT2D eigenvalue weighted by atomic mass is 10.2. The van der Waals surface area contributed by atoms with E-state index in [0.29, 0.717) is 17.8 Å². The first-order valence-electron chi connectivity index (χ1n) is 5.71. The average molecular weight is 245 g/mol. The lowest BCUT2D eigenvalue weighted by Crippen LogP contribution is -2.24. The van der Waals surface area contributed by atoms with Gasteiger partial charge in [-0.05, 0) is 31.2 Å². The summed E-state index contributed by atoms with van der Waals surface area (Å²) in [6.07, 6.45) is 1.64. The minimum atomic E-state index is -0.152. The van der Waals surface area contributed by atoms with Crippen LogP contribution in [0.1, 0.15) is 23.1 Å². The highest BCUT2D eigenvalue weighted by Crippen LogP contribution is 2.05. The van der Waals surface area contributed by atoms with Crippen molar-refractivity contribution < 1.29 is 4.79 Å². The van der Waals surface area contributed by atoms with Crippen molar-refractivity contribution in [3.8, 4) is 0 Å². The molecular weight excluding hydrogens is 230 g/mol. The van der Waals surface area contributed by atoms with Crippen LogP contribution in [0, 0.1) is 0 Å². The Morgan fingerprint density at radius 2 is 2.11 bits per heavy atom. The lowest BCUT2D eigenvalue weighted by Gasteiger charge is -2.06. The highest BCUT2D eigenvalue weighted by atomic mass is 16.1. The quantitative estimate of drug-likeness (QED) is 0.780. The number of hydrogen-bond acceptors (Lipinski definition) is 4. The van der Waals surface area contributed by atoms with Gasteiger partial charge in [0.05, 0.1) is 6.54 Å². The van der Waals surface area contributed by atoms with Gasteiger partial charge in [0.15, 0.2) is 5.82 Å². The topological polar surface area (TPSA) is 85.8 Å². The number of hydrogen-bond donors (Lipinski definition) is 2. The average Bonchev–Trinajstić information content (AvgIpc) is 2.84. The number of nitrogens with one attached hydrogen (secondary N) is 1. The number of anilines is 1. The van der Waals surface area contributed by atoms with Gasteiger partial charge >= 0.3 is 0 Å². The number of rotatable bonds is 4. The second-order valence-corrected chi connectivity index (χ2v) is 3.84. The molecule has 3 N–H and O–H groups in total. The molecule has 0 aliphatic carbocycles. The minimum absolute atomic E-state index is 0.152. The Balaban J connectivity index is 1.98. The number of benzene rings is 1. The van der Waals surface area contributed by atoms with Gasteiger partial charge in [-0.25, -0.2) is 0 Å². The van der Waals surface area contributed by atoms with Crippen LogP contribution in [0.15, 0.2) is 30.6 Å². The van der Waals surface area contributed by atoms with Crippen molar-refractivity contribution in [2.24, 2.45) is 0 Å². The van der Waals surface area contributed by atoms with E-state index in [1.54, 1.807) is 30.6 Å². The predicted molar refractivity (Wildman–Crippen MR) is 67.7 cm³/mol. The molecule has 0 bridgehead atoms. The molecule has 0 saturated heterocycles. The fourth-order valence-corrected chi connectivity index (χ4v) is 1.58. The van der Waals surface area contributed by atoms with E-state index in [-0.39, 0.29) is 5.91 Å². The van der Waals surface area contributed by atoms with Crippen LogP contribution in [0.3, 0.4) is 0 Å². The molecule has 0 unspecified atom stereocenters. The van der Waals surface area contributed by atoms with E-state index in [1.807, 2.05) is 11.5 Å². The van der Waals surface area contributed by atoms with Gasteiger partial charge in [-0.2, -0.15) is 0 Å². The molecule has 0 fully saturated rings. The third-order valence-corrected chi connectivity index (χ3v) is 2.62. The predicted octanol–water partition coefficient (Wildman–Crippen LogP) is 0.810. The molecule has 1 aromatic carbocycles. The minimum Gasteiger partial charge on any atom is -0.399 e. The molecule has 0 aliphatic rings. The fourth-order valence-electron chi connectivity index (χ4n) is 1.58. The smallest absolute Gasteiger partial charge is 0.251 e. The Hall–Kier alpha value is -2.37. The molecule has 1 amide bonds. The molecule has 94 valence electrons. The third kappa shape index (κ3) is 2.65. The van der Waals surface area contributed by atoms with Crippen LogP contribution in [0.25, 0.3) is 0 Å². The molecule has 0 spiro atoms. The standard InChI is InChI=1S/C12H15N5O/c1-2-17-8-15-16-11(17)7-14-12(18)9-3-5-10(13)6-4-9/h3-6,8H,2,7,13H2,1H3,(H,14,18). The first-order valence-corrected chi connectivity index (χ1v) is 5.71. The van der Waals surface area contributed by atoms with Crippen molar-refractivity contribution in [3.05, 3.63) is 42.0 Å². The van der Waals surface area contributed by atoms with Crippen molar-refractivity contribution in [2.75, 3.05) is 5.73 Å². The molecule has 0 radical (unpaired) electrons. The Kier molecular flexibility index (Phi) is 3.57. The maximum absolute atomic E-state index is 11.8. The molecule has 1 aromatic heterocycles. The summed E-state index contributed by atoms with van der Waals surface area (Å²) in [6, 6.07) is 6.78. The number of aromatic nitrogens is 3. The number of nitrogens with two attached hydrogens (primary N) is 1. The number of aryl methyl sites for hydroxylation is 1. The highest BCUT2D eigenvalue weighted by Gasteiger charge is 2.07. The molecule has 6 heteroatoms. The Morgan fingerprint density at radius 3 is 2.78 bits per heavy atom. The van der Waals surface area contributed by atoms with Crippen molar-refractivity contribution in [1.82, 2.24) is 20.1 Å². The summed E-state index contributed by atoms with van der Waals surface area (Å²) in [5, 5.41) is 10.5. The zero-order valence-corrected chi connectivity index (χ0v) is 10.1. The van der Waals surface area contributed by atoms with Crippen molar-refractivity contribution in [1.29, 1.82) is 0 Å². The maximum Gasteiger partial charge on any atom is 0.251 e. The number of carbonyl (C=O) groups is 1. The summed E-state index contributed by atoms with van der Waals surface area (Å²) < 4.78 is 1.88. The normalized spacial score (nSPS) is 10.3. The van der Waals surface area contributed by atoms with Crippen molar-refractivity contribution in [3.63, 3.8) is 0 Å². The number of carbonyl (C=O) groups excluding carboxylic acids is 1. The van der Waals surface area contributed by atoms with Crippen LogP contribution in [0.4, 0.5) is 5.69 Å². The van der Waals surface area contributed by atoms with Gasteiger partial charge in [0, 0.05) is 17.8 Å². The molecular formula is C12H15N5O. The van der Waals surface area contributed by atoms with Crippen molar-refractivity contribution in [2.45, 2.75) is 20.0 Å². The van der Waals surface area contributed by atoms with E-state index in [4.69, 9.17) is 5.73 Å². The summed E-state index contributed by atoms with van der Waals surface area (Å²) >= 11 is 0. The molecule has 6 nitrogen and oxygen atoms in total. The van der Waals surface area contributed by atoms with Gasteiger partial charge in [0.1, 0.15) is 6.33 Å². The number of amides is 1. The Labute approximate surface area is 105 Å². The van der Waals surface area contributed by atoms with Crippen LogP contribution < -0.4 is 11.1 Å². The monoisotopic (exact) mass is 245 g/mol. The summed E-state index contributed by atoms with van der Waals surface area (Å²) in [5.41, 5.74) is 6.77. The summed E-state index contributed by atoms with van der Waals surface area (Å²) in [7, 11) is 0. The van der Waals surface area contributed by atoms with Crippen LogP contribution in [-0.2, 0) is 13.1 Å². The van der Waals surface area contributed by atoms with E-state index in [2.05, 4.69) is 15.5 Å². The molecule has 18 heavy (non-hydrogen) atoms. The number of nitrogen functional groups attached to an aromatic ring is 1. The van der Waals surface area contributed by atoms with Crippen molar-refractivity contribution >= 4 is 11.6 Å². The zero-order valence-electron chi connectivity index (χ0n) is 10.1. The molecule has 2 aromatic rings. The second-order valence-electron chi connectivity index (χ2n) is 3.84.